The second-order valence-electron chi connectivity index (χ2n) is 5.00. The fourth-order valence-electron chi connectivity index (χ4n) is 2.50. The van der Waals surface area contributed by atoms with E-state index in [0.29, 0.717) is 28.2 Å². The molecule has 0 amide bonds. The van der Waals surface area contributed by atoms with Gasteiger partial charge in [0.15, 0.2) is 11.5 Å². The van der Waals surface area contributed by atoms with E-state index in [0.717, 1.165) is 23.9 Å². The first-order chi connectivity index (χ1) is 9.65. The minimum absolute atomic E-state index is 0.252. The summed E-state index contributed by atoms with van der Waals surface area (Å²) in [6.07, 6.45) is 3.22. The molecule has 0 unspecified atom stereocenters. The Hall–Kier alpha value is -2.24. The number of benzene rings is 1. The van der Waals surface area contributed by atoms with Crippen LogP contribution in [0.25, 0.3) is 10.9 Å². The average Bonchev–Trinajstić information content (AvgIpc) is 2.41. The van der Waals surface area contributed by atoms with Crippen LogP contribution >= 0.6 is 0 Å². The third kappa shape index (κ3) is 1.79. The van der Waals surface area contributed by atoms with Crippen LogP contribution in [0, 0.1) is 0 Å². The van der Waals surface area contributed by atoms with E-state index in [2.05, 4.69) is 4.98 Å². The molecular formula is C14H17N3O3. The molecule has 2 aromatic rings. The normalized spacial score (nSPS) is 15.1. The Morgan fingerprint density at radius 3 is 2.45 bits per heavy atom. The first kappa shape index (κ1) is 12.8. The van der Waals surface area contributed by atoms with Gasteiger partial charge in [-0.25, -0.2) is 9.66 Å². The maximum absolute atomic E-state index is 12.4. The molecule has 6 heteroatoms. The van der Waals surface area contributed by atoms with E-state index >= 15 is 0 Å². The molecule has 2 N–H and O–H groups in total. The fourth-order valence-corrected chi connectivity index (χ4v) is 2.50. The lowest BCUT2D eigenvalue weighted by atomic mass is 9.84. The van der Waals surface area contributed by atoms with Crippen LogP contribution in [0.3, 0.4) is 0 Å². The number of ether oxygens (including phenoxy) is 2. The highest BCUT2D eigenvalue weighted by atomic mass is 16.5. The standard InChI is InChI=1S/C14H17N3O3/c1-19-11-6-9-10(7-12(11)20-2)16-13(8-4-3-5-8)17(15)14(9)18/h6-8H,3-5,15H2,1-2H3. The van der Waals surface area contributed by atoms with Gasteiger partial charge in [0.25, 0.3) is 5.56 Å². The molecule has 6 nitrogen and oxygen atoms in total. The fraction of sp³-hybridized carbons (Fsp3) is 0.429. The predicted octanol–water partition coefficient (Wildman–Crippen LogP) is 1.40. The molecule has 1 aromatic carbocycles. The van der Waals surface area contributed by atoms with Gasteiger partial charge in [0.1, 0.15) is 5.82 Å². The van der Waals surface area contributed by atoms with Gasteiger partial charge in [-0.3, -0.25) is 4.79 Å². The van der Waals surface area contributed by atoms with Crippen molar-refractivity contribution in [1.82, 2.24) is 9.66 Å². The molecule has 1 aromatic heterocycles. The summed E-state index contributed by atoms with van der Waals surface area (Å²) in [5, 5.41) is 0.438. The molecule has 1 saturated carbocycles. The van der Waals surface area contributed by atoms with Crippen LogP contribution in [-0.2, 0) is 0 Å². The summed E-state index contributed by atoms with van der Waals surface area (Å²) >= 11 is 0. The van der Waals surface area contributed by atoms with E-state index in [1.54, 1.807) is 19.2 Å². The SMILES string of the molecule is COc1cc2nc(C3CCC3)n(N)c(=O)c2cc1OC. The molecule has 1 fully saturated rings. The lowest BCUT2D eigenvalue weighted by Crippen LogP contribution is -2.34. The highest BCUT2D eigenvalue weighted by Gasteiger charge is 2.25. The van der Waals surface area contributed by atoms with Gasteiger partial charge in [-0.05, 0) is 18.9 Å². The van der Waals surface area contributed by atoms with Gasteiger partial charge in [-0.2, -0.15) is 0 Å². The molecule has 106 valence electrons. The zero-order valence-corrected chi connectivity index (χ0v) is 11.5. The van der Waals surface area contributed by atoms with Crippen LogP contribution < -0.4 is 20.9 Å². The summed E-state index contributed by atoms with van der Waals surface area (Å²) in [6, 6.07) is 3.34. The van der Waals surface area contributed by atoms with Gasteiger partial charge in [0, 0.05) is 12.0 Å². The van der Waals surface area contributed by atoms with Crippen LogP contribution in [0.2, 0.25) is 0 Å². The number of nitrogens with zero attached hydrogens (tertiary/aromatic N) is 2. The van der Waals surface area contributed by atoms with Gasteiger partial charge in [0.05, 0.1) is 25.1 Å². The van der Waals surface area contributed by atoms with Gasteiger partial charge < -0.3 is 15.3 Å². The lowest BCUT2D eigenvalue weighted by Gasteiger charge is -2.26. The Morgan fingerprint density at radius 2 is 1.90 bits per heavy atom. The van der Waals surface area contributed by atoms with Crippen molar-refractivity contribution in [3.05, 3.63) is 28.3 Å². The summed E-state index contributed by atoms with van der Waals surface area (Å²) in [6.45, 7) is 0. The summed E-state index contributed by atoms with van der Waals surface area (Å²) in [7, 11) is 3.08. The Labute approximate surface area is 116 Å². The van der Waals surface area contributed by atoms with Crippen molar-refractivity contribution in [3.8, 4) is 11.5 Å². The summed E-state index contributed by atoms with van der Waals surface area (Å²) in [5.74, 6) is 7.88. The smallest absolute Gasteiger partial charge is 0.279 e. The number of nitrogens with two attached hydrogens (primary N) is 1. The zero-order valence-electron chi connectivity index (χ0n) is 11.5. The van der Waals surface area contributed by atoms with Gasteiger partial charge in [-0.1, -0.05) is 6.42 Å². The largest absolute Gasteiger partial charge is 0.493 e. The van der Waals surface area contributed by atoms with Crippen LogP contribution in [0.4, 0.5) is 0 Å². The third-order valence-electron chi connectivity index (χ3n) is 3.90. The summed E-state index contributed by atoms with van der Waals surface area (Å²) < 4.78 is 11.6. The quantitative estimate of drug-likeness (QED) is 0.856. The maximum atomic E-state index is 12.4. The molecule has 0 radical (unpaired) electrons. The average molecular weight is 275 g/mol. The number of methoxy groups -OCH3 is 2. The Bertz CT molecular complexity index is 720. The number of fused-ring (bicyclic) bond motifs is 1. The number of aromatic nitrogens is 2. The topological polar surface area (TPSA) is 79.4 Å². The second kappa shape index (κ2) is 4.70. The molecule has 0 saturated heterocycles. The minimum atomic E-state index is -0.252. The summed E-state index contributed by atoms with van der Waals surface area (Å²) in [5.41, 5.74) is 0.342. The Kier molecular flexibility index (Phi) is 3.00. The van der Waals surface area contributed by atoms with Gasteiger partial charge in [-0.15, -0.1) is 0 Å². The van der Waals surface area contributed by atoms with E-state index < -0.39 is 0 Å². The van der Waals surface area contributed by atoms with Crippen LogP contribution in [0.5, 0.6) is 11.5 Å². The molecular weight excluding hydrogens is 258 g/mol. The van der Waals surface area contributed by atoms with Crippen molar-refractivity contribution in [2.75, 3.05) is 20.1 Å². The maximum Gasteiger partial charge on any atom is 0.279 e. The van der Waals surface area contributed by atoms with E-state index in [1.165, 1.54) is 7.11 Å². The molecule has 0 aliphatic heterocycles. The van der Waals surface area contributed by atoms with Crippen molar-refractivity contribution in [1.29, 1.82) is 0 Å². The van der Waals surface area contributed by atoms with Crippen molar-refractivity contribution in [2.45, 2.75) is 25.2 Å². The summed E-state index contributed by atoms with van der Waals surface area (Å²) in [4.78, 5) is 16.9. The molecule has 3 rings (SSSR count). The minimum Gasteiger partial charge on any atom is -0.493 e. The van der Waals surface area contributed by atoms with Crippen molar-refractivity contribution in [3.63, 3.8) is 0 Å². The Morgan fingerprint density at radius 1 is 1.25 bits per heavy atom. The van der Waals surface area contributed by atoms with Crippen LogP contribution in [0.1, 0.15) is 31.0 Å². The van der Waals surface area contributed by atoms with E-state index in [1.807, 2.05) is 0 Å². The molecule has 0 bridgehead atoms. The number of hydrogen-bond donors (Lipinski definition) is 1. The van der Waals surface area contributed by atoms with Crippen molar-refractivity contribution < 1.29 is 9.47 Å². The third-order valence-corrected chi connectivity index (χ3v) is 3.90. The Balaban J connectivity index is 2.27. The highest BCUT2D eigenvalue weighted by Crippen LogP contribution is 2.36. The monoisotopic (exact) mass is 275 g/mol. The van der Waals surface area contributed by atoms with Crippen LogP contribution in [0.15, 0.2) is 16.9 Å². The number of hydrogen-bond acceptors (Lipinski definition) is 5. The molecule has 1 aliphatic carbocycles. The highest BCUT2D eigenvalue weighted by molar-refractivity contribution is 5.82. The molecule has 0 spiro atoms. The molecule has 20 heavy (non-hydrogen) atoms. The number of rotatable bonds is 3. The van der Waals surface area contributed by atoms with E-state index in [9.17, 15) is 4.79 Å². The first-order valence-corrected chi connectivity index (χ1v) is 6.59. The molecule has 0 atom stereocenters. The lowest BCUT2D eigenvalue weighted by molar-refractivity contribution is 0.355. The van der Waals surface area contributed by atoms with E-state index in [-0.39, 0.29) is 11.5 Å². The van der Waals surface area contributed by atoms with E-state index in [4.69, 9.17) is 15.3 Å². The first-order valence-electron chi connectivity index (χ1n) is 6.59. The van der Waals surface area contributed by atoms with Gasteiger partial charge >= 0.3 is 0 Å². The van der Waals surface area contributed by atoms with Crippen LogP contribution in [-0.4, -0.2) is 23.9 Å². The molecule has 1 aliphatic rings. The van der Waals surface area contributed by atoms with Gasteiger partial charge in [0.2, 0.25) is 0 Å². The predicted molar refractivity (Wildman–Crippen MR) is 75.8 cm³/mol. The zero-order chi connectivity index (χ0) is 14.3. The van der Waals surface area contributed by atoms with Crippen molar-refractivity contribution in [2.24, 2.45) is 0 Å². The number of nitrogen functional groups attached to an aromatic ring is 1. The van der Waals surface area contributed by atoms with Crippen molar-refractivity contribution >= 4 is 10.9 Å². The second-order valence-corrected chi connectivity index (χ2v) is 5.00. The molecule has 1 heterocycles.